The number of nitrogens with zero attached hydrogens (tertiary/aromatic N) is 3. The van der Waals surface area contributed by atoms with Crippen molar-refractivity contribution in [3.63, 3.8) is 0 Å². The molecular formula is C14H20N4O2S. The van der Waals surface area contributed by atoms with Gasteiger partial charge in [-0.3, -0.25) is 14.0 Å². The molecule has 0 spiro atoms. The van der Waals surface area contributed by atoms with Gasteiger partial charge >= 0.3 is 0 Å². The summed E-state index contributed by atoms with van der Waals surface area (Å²) in [4.78, 5) is 31.2. The molecule has 0 unspecified atom stereocenters. The summed E-state index contributed by atoms with van der Waals surface area (Å²) in [5.41, 5.74) is -0.226. The van der Waals surface area contributed by atoms with Crippen LogP contribution in [0.1, 0.15) is 30.6 Å². The maximum atomic E-state index is 12.1. The Bertz CT molecular complexity index is 660. The summed E-state index contributed by atoms with van der Waals surface area (Å²) < 4.78 is 1.40. The lowest BCUT2D eigenvalue weighted by molar-refractivity contribution is 0.0950. The van der Waals surface area contributed by atoms with E-state index in [0.29, 0.717) is 11.5 Å². The van der Waals surface area contributed by atoms with Crippen molar-refractivity contribution in [2.75, 3.05) is 26.2 Å². The van der Waals surface area contributed by atoms with E-state index in [1.54, 1.807) is 11.6 Å². The zero-order valence-corrected chi connectivity index (χ0v) is 13.2. The number of aromatic nitrogens is 2. The highest BCUT2D eigenvalue weighted by Crippen LogP contribution is 2.05. The first kappa shape index (κ1) is 15.7. The van der Waals surface area contributed by atoms with E-state index in [0.717, 1.165) is 26.1 Å². The van der Waals surface area contributed by atoms with Gasteiger partial charge in [-0.05, 0) is 26.1 Å². The molecule has 114 valence electrons. The van der Waals surface area contributed by atoms with Gasteiger partial charge in [-0.25, -0.2) is 4.98 Å². The number of rotatable bonds is 7. The molecule has 0 radical (unpaired) electrons. The van der Waals surface area contributed by atoms with E-state index in [1.807, 2.05) is 0 Å². The molecular weight excluding hydrogens is 288 g/mol. The average Bonchev–Trinajstić information content (AvgIpc) is 2.97. The highest BCUT2D eigenvalue weighted by Gasteiger charge is 2.13. The molecule has 0 bridgehead atoms. The van der Waals surface area contributed by atoms with Crippen LogP contribution < -0.4 is 10.9 Å². The quantitative estimate of drug-likeness (QED) is 0.781. The molecule has 0 atom stereocenters. The predicted molar refractivity (Wildman–Crippen MR) is 84.1 cm³/mol. The molecule has 6 nitrogen and oxygen atoms in total. The fourth-order valence-electron chi connectivity index (χ4n) is 2.12. The van der Waals surface area contributed by atoms with Crippen molar-refractivity contribution in [1.82, 2.24) is 19.6 Å². The van der Waals surface area contributed by atoms with Crippen molar-refractivity contribution in [2.24, 2.45) is 0 Å². The van der Waals surface area contributed by atoms with Gasteiger partial charge in [0.05, 0.1) is 0 Å². The van der Waals surface area contributed by atoms with Crippen LogP contribution in [-0.4, -0.2) is 46.4 Å². The third-order valence-corrected chi connectivity index (χ3v) is 4.19. The molecule has 0 aromatic carbocycles. The largest absolute Gasteiger partial charge is 0.352 e. The van der Waals surface area contributed by atoms with Crippen LogP contribution in [0.15, 0.2) is 22.6 Å². The minimum Gasteiger partial charge on any atom is -0.352 e. The summed E-state index contributed by atoms with van der Waals surface area (Å²) in [7, 11) is 0. The van der Waals surface area contributed by atoms with Gasteiger partial charge < -0.3 is 10.2 Å². The number of nitrogens with one attached hydrogen (secondary N) is 1. The number of carbonyl (C=O) groups is 1. The monoisotopic (exact) mass is 308 g/mol. The number of hydrogen-bond acceptors (Lipinski definition) is 5. The van der Waals surface area contributed by atoms with Gasteiger partial charge in [0.2, 0.25) is 0 Å². The van der Waals surface area contributed by atoms with Crippen LogP contribution in [0.4, 0.5) is 0 Å². The minimum absolute atomic E-state index is 0.0914. The molecule has 0 saturated carbocycles. The van der Waals surface area contributed by atoms with E-state index >= 15 is 0 Å². The van der Waals surface area contributed by atoms with Crippen molar-refractivity contribution < 1.29 is 4.79 Å². The van der Waals surface area contributed by atoms with Gasteiger partial charge in [-0.1, -0.05) is 13.8 Å². The fraction of sp³-hybridized carbons (Fsp3) is 0.500. The molecule has 2 aromatic rings. The third-order valence-electron chi connectivity index (χ3n) is 3.42. The number of hydrogen-bond donors (Lipinski definition) is 1. The number of fused-ring (bicyclic) bond motifs is 1. The molecule has 2 aromatic heterocycles. The molecule has 0 fully saturated rings. The van der Waals surface area contributed by atoms with Gasteiger partial charge in [0.1, 0.15) is 5.56 Å². The normalized spacial score (nSPS) is 11.2. The molecule has 21 heavy (non-hydrogen) atoms. The van der Waals surface area contributed by atoms with Gasteiger partial charge in [0.15, 0.2) is 4.96 Å². The fourth-order valence-corrected chi connectivity index (χ4v) is 2.80. The number of thiazole rings is 1. The zero-order valence-electron chi connectivity index (χ0n) is 12.3. The number of amides is 1. The summed E-state index contributed by atoms with van der Waals surface area (Å²) >= 11 is 1.37. The van der Waals surface area contributed by atoms with E-state index in [9.17, 15) is 9.59 Å². The first-order chi connectivity index (χ1) is 10.2. The van der Waals surface area contributed by atoms with Crippen molar-refractivity contribution in [3.8, 4) is 0 Å². The van der Waals surface area contributed by atoms with Gasteiger partial charge in [-0.2, -0.15) is 0 Å². The summed E-state index contributed by atoms with van der Waals surface area (Å²) in [6, 6.07) is 0. The maximum absolute atomic E-state index is 12.1. The summed E-state index contributed by atoms with van der Waals surface area (Å²) in [5, 5.41) is 4.56. The molecule has 0 aliphatic carbocycles. The van der Waals surface area contributed by atoms with Crippen LogP contribution in [0, 0.1) is 0 Å². The zero-order chi connectivity index (χ0) is 15.2. The predicted octanol–water partition coefficient (Wildman–Crippen LogP) is 1.22. The van der Waals surface area contributed by atoms with Crippen molar-refractivity contribution >= 4 is 22.2 Å². The molecule has 7 heteroatoms. The molecule has 2 heterocycles. The van der Waals surface area contributed by atoms with Crippen molar-refractivity contribution in [2.45, 2.75) is 20.3 Å². The van der Waals surface area contributed by atoms with Crippen LogP contribution in [0.5, 0.6) is 0 Å². The smallest absolute Gasteiger partial charge is 0.271 e. The van der Waals surface area contributed by atoms with E-state index < -0.39 is 0 Å². The molecule has 1 amide bonds. The van der Waals surface area contributed by atoms with E-state index in [2.05, 4.69) is 29.0 Å². The Morgan fingerprint density at radius 1 is 1.43 bits per heavy atom. The summed E-state index contributed by atoms with van der Waals surface area (Å²) in [6.07, 6.45) is 3.85. The third kappa shape index (κ3) is 3.68. The molecule has 0 aliphatic heterocycles. The Morgan fingerprint density at radius 2 is 2.19 bits per heavy atom. The first-order valence-corrected chi connectivity index (χ1v) is 8.00. The summed E-state index contributed by atoms with van der Waals surface area (Å²) in [5.74, 6) is -0.354. The Labute approximate surface area is 127 Å². The van der Waals surface area contributed by atoms with Gasteiger partial charge in [0, 0.05) is 24.3 Å². The topological polar surface area (TPSA) is 66.7 Å². The molecule has 0 aliphatic rings. The van der Waals surface area contributed by atoms with Crippen LogP contribution >= 0.6 is 11.3 Å². The maximum Gasteiger partial charge on any atom is 0.271 e. The lowest BCUT2D eigenvalue weighted by atomic mass is 10.3. The minimum atomic E-state index is -0.354. The van der Waals surface area contributed by atoms with Crippen molar-refractivity contribution in [1.29, 1.82) is 0 Å². The van der Waals surface area contributed by atoms with Gasteiger partial charge in [-0.15, -0.1) is 11.3 Å². The second-order valence-electron chi connectivity index (χ2n) is 4.67. The van der Waals surface area contributed by atoms with Crippen LogP contribution in [0.3, 0.4) is 0 Å². The Balaban J connectivity index is 1.93. The Morgan fingerprint density at radius 3 is 2.90 bits per heavy atom. The highest BCUT2D eigenvalue weighted by molar-refractivity contribution is 7.15. The van der Waals surface area contributed by atoms with Crippen LogP contribution in [0.25, 0.3) is 4.96 Å². The van der Waals surface area contributed by atoms with Gasteiger partial charge in [0.25, 0.3) is 11.5 Å². The second kappa shape index (κ2) is 7.33. The molecule has 0 saturated heterocycles. The lowest BCUT2D eigenvalue weighted by Crippen LogP contribution is -2.33. The molecule has 2 rings (SSSR count). The lowest BCUT2D eigenvalue weighted by Gasteiger charge is -2.17. The summed E-state index contributed by atoms with van der Waals surface area (Å²) in [6.45, 7) is 7.74. The Kier molecular flexibility index (Phi) is 5.46. The highest BCUT2D eigenvalue weighted by atomic mass is 32.1. The second-order valence-corrected chi connectivity index (χ2v) is 5.54. The van der Waals surface area contributed by atoms with Crippen molar-refractivity contribution in [3.05, 3.63) is 33.7 Å². The average molecular weight is 308 g/mol. The van der Waals surface area contributed by atoms with E-state index in [4.69, 9.17) is 0 Å². The first-order valence-electron chi connectivity index (χ1n) is 7.12. The Hall–Kier alpha value is -1.73. The SMILES string of the molecule is CCN(CC)CCCNC(=O)c1cnc2sccn2c1=O. The van der Waals surface area contributed by atoms with E-state index in [-0.39, 0.29) is 17.0 Å². The van der Waals surface area contributed by atoms with Crippen LogP contribution in [0.2, 0.25) is 0 Å². The standard InChI is InChI=1S/C14H20N4O2S/c1-3-17(4-2)7-5-6-15-12(19)11-10-16-14-18(13(11)20)8-9-21-14/h8-10H,3-7H2,1-2H3,(H,15,19). The van der Waals surface area contributed by atoms with E-state index in [1.165, 1.54) is 21.9 Å². The van der Waals surface area contributed by atoms with Crippen LogP contribution in [-0.2, 0) is 0 Å². The molecule has 1 N–H and O–H groups in total. The number of carbonyl (C=O) groups excluding carboxylic acids is 1.